The van der Waals surface area contributed by atoms with Gasteiger partial charge in [0.2, 0.25) is 17.7 Å². The number of nitrogens with one attached hydrogen (secondary N) is 2. The van der Waals surface area contributed by atoms with Crippen LogP contribution in [-0.2, 0) is 19.9 Å². The number of anilines is 1. The molecule has 2 N–H and O–H groups in total. The van der Waals surface area contributed by atoms with Gasteiger partial charge in [0.05, 0.1) is 11.8 Å². The molecule has 5 atom stereocenters. The van der Waals surface area contributed by atoms with Crippen molar-refractivity contribution in [1.82, 2.24) is 10.2 Å². The molecule has 0 radical (unpaired) electrons. The Kier molecular flexibility index (Phi) is 3.57. The van der Waals surface area contributed by atoms with Crippen LogP contribution in [0.5, 0.6) is 0 Å². The van der Waals surface area contributed by atoms with E-state index in [0.717, 1.165) is 22.4 Å². The van der Waals surface area contributed by atoms with Gasteiger partial charge in [-0.05, 0) is 39.7 Å². The van der Waals surface area contributed by atoms with E-state index >= 15 is 0 Å². The topological polar surface area (TPSA) is 78.5 Å². The third-order valence-electron chi connectivity index (χ3n) is 6.38. The van der Waals surface area contributed by atoms with E-state index < -0.39 is 17.4 Å². The molecule has 2 saturated heterocycles. The van der Waals surface area contributed by atoms with Crippen LogP contribution in [0.1, 0.15) is 43.9 Å². The third kappa shape index (κ3) is 1.88. The average molecular weight is 355 g/mol. The van der Waals surface area contributed by atoms with Gasteiger partial charge >= 0.3 is 0 Å². The van der Waals surface area contributed by atoms with Gasteiger partial charge in [0, 0.05) is 23.3 Å². The zero-order valence-corrected chi connectivity index (χ0v) is 15.8. The van der Waals surface area contributed by atoms with Crippen LogP contribution in [0, 0.1) is 25.7 Å². The minimum atomic E-state index is -1.16. The highest BCUT2D eigenvalue weighted by molar-refractivity contribution is 6.15. The molecule has 6 nitrogen and oxygen atoms in total. The molecule has 0 bridgehead atoms. The van der Waals surface area contributed by atoms with Crippen LogP contribution in [0.15, 0.2) is 12.1 Å². The maximum Gasteiger partial charge on any atom is 0.250 e. The molecule has 1 aromatic carbocycles. The van der Waals surface area contributed by atoms with Crippen molar-refractivity contribution in [2.75, 3.05) is 5.32 Å². The largest absolute Gasteiger partial charge is 0.324 e. The van der Waals surface area contributed by atoms with Gasteiger partial charge in [0.15, 0.2) is 0 Å². The maximum atomic E-state index is 13.3. The van der Waals surface area contributed by atoms with Crippen LogP contribution >= 0.6 is 0 Å². The molecule has 0 saturated carbocycles. The van der Waals surface area contributed by atoms with Crippen molar-refractivity contribution >= 4 is 23.4 Å². The Labute approximate surface area is 153 Å². The second-order valence-corrected chi connectivity index (χ2v) is 8.01. The molecular formula is C20H25N3O3. The number of aryl methyl sites for hydroxylation is 2. The number of likely N-dealkylation sites (tertiary alicyclic amines) is 1. The Morgan fingerprint density at radius 3 is 2.54 bits per heavy atom. The van der Waals surface area contributed by atoms with Crippen LogP contribution in [0.3, 0.4) is 0 Å². The number of fused-ring (bicyclic) bond motifs is 4. The molecule has 0 aliphatic carbocycles. The summed E-state index contributed by atoms with van der Waals surface area (Å²) in [6.45, 7) is 9.67. The zero-order chi connectivity index (χ0) is 19.0. The van der Waals surface area contributed by atoms with E-state index in [9.17, 15) is 14.4 Å². The summed E-state index contributed by atoms with van der Waals surface area (Å²) in [5.41, 5.74) is 2.41. The Morgan fingerprint density at radius 1 is 1.19 bits per heavy atom. The van der Waals surface area contributed by atoms with E-state index in [4.69, 9.17) is 0 Å². The second kappa shape index (κ2) is 5.39. The summed E-state index contributed by atoms with van der Waals surface area (Å²) in [6, 6.07) is 3.57. The molecule has 3 aliphatic rings. The van der Waals surface area contributed by atoms with E-state index in [1.807, 2.05) is 46.8 Å². The number of carbonyl (C=O) groups excluding carboxylic acids is 3. The molecule has 6 heteroatoms. The first-order valence-electron chi connectivity index (χ1n) is 9.31. The van der Waals surface area contributed by atoms with Gasteiger partial charge < -0.3 is 5.32 Å². The highest BCUT2D eigenvalue weighted by Crippen LogP contribution is 2.53. The molecule has 4 rings (SSSR count). The summed E-state index contributed by atoms with van der Waals surface area (Å²) in [5.74, 6) is -1.81. The maximum absolute atomic E-state index is 13.3. The van der Waals surface area contributed by atoms with E-state index in [1.165, 1.54) is 4.90 Å². The summed E-state index contributed by atoms with van der Waals surface area (Å²) in [7, 11) is 0. The number of imide groups is 1. The van der Waals surface area contributed by atoms with Crippen LogP contribution in [0.2, 0.25) is 0 Å². The fourth-order valence-electron chi connectivity index (χ4n) is 5.06. The molecule has 138 valence electrons. The lowest BCUT2D eigenvalue weighted by Gasteiger charge is -2.30. The van der Waals surface area contributed by atoms with E-state index in [-0.39, 0.29) is 29.8 Å². The normalized spacial score (nSPS) is 33.7. The smallest absolute Gasteiger partial charge is 0.250 e. The minimum Gasteiger partial charge on any atom is -0.324 e. The summed E-state index contributed by atoms with van der Waals surface area (Å²) in [4.78, 5) is 40.9. The standard InChI is InChI=1S/C20H25N3O3/c1-6-11(4)23-17(24)14-12(5)22-20(15(14)18(23)25)13-8-9(2)7-10(3)16(13)21-19(20)26/h7-8,11-12,14-15,22H,6H2,1-5H3,(H,21,26)/t11-,12-,14+,15-,20-/m0/s1. The molecule has 1 aromatic rings. The predicted octanol–water partition coefficient (Wildman–Crippen LogP) is 1.84. The van der Waals surface area contributed by atoms with Gasteiger partial charge in [-0.15, -0.1) is 0 Å². The number of nitrogens with zero attached hydrogens (tertiary/aromatic N) is 1. The summed E-state index contributed by atoms with van der Waals surface area (Å²) >= 11 is 0. The first-order chi connectivity index (χ1) is 12.2. The van der Waals surface area contributed by atoms with Crippen molar-refractivity contribution in [2.24, 2.45) is 11.8 Å². The number of rotatable bonds is 2. The van der Waals surface area contributed by atoms with Crippen LogP contribution in [0.25, 0.3) is 0 Å². The van der Waals surface area contributed by atoms with Gasteiger partial charge in [0.25, 0.3) is 0 Å². The highest BCUT2D eigenvalue weighted by atomic mass is 16.2. The Hall–Kier alpha value is -2.21. The molecule has 26 heavy (non-hydrogen) atoms. The monoisotopic (exact) mass is 355 g/mol. The van der Waals surface area contributed by atoms with Crippen LogP contribution in [-0.4, -0.2) is 34.7 Å². The van der Waals surface area contributed by atoms with Gasteiger partial charge in [-0.2, -0.15) is 0 Å². The lowest BCUT2D eigenvalue weighted by atomic mass is 9.76. The van der Waals surface area contributed by atoms with Crippen molar-refractivity contribution in [3.63, 3.8) is 0 Å². The van der Waals surface area contributed by atoms with E-state index in [1.54, 1.807) is 0 Å². The van der Waals surface area contributed by atoms with Crippen molar-refractivity contribution in [3.05, 3.63) is 28.8 Å². The Morgan fingerprint density at radius 2 is 1.88 bits per heavy atom. The van der Waals surface area contributed by atoms with Gasteiger partial charge in [0.1, 0.15) is 5.54 Å². The quantitative estimate of drug-likeness (QED) is 0.794. The fourth-order valence-corrected chi connectivity index (χ4v) is 5.06. The molecular weight excluding hydrogens is 330 g/mol. The second-order valence-electron chi connectivity index (χ2n) is 8.01. The lowest BCUT2D eigenvalue weighted by Crippen LogP contribution is -2.53. The van der Waals surface area contributed by atoms with Gasteiger partial charge in [-0.1, -0.05) is 24.6 Å². The Balaban J connectivity index is 1.91. The number of benzene rings is 1. The zero-order valence-electron chi connectivity index (χ0n) is 15.8. The van der Waals surface area contributed by atoms with E-state index in [2.05, 4.69) is 10.6 Å². The Bertz CT molecular complexity index is 849. The number of hydrogen-bond acceptors (Lipinski definition) is 4. The van der Waals surface area contributed by atoms with Gasteiger partial charge in [-0.25, -0.2) is 0 Å². The fraction of sp³-hybridized carbons (Fsp3) is 0.550. The molecule has 0 aromatic heterocycles. The van der Waals surface area contributed by atoms with Gasteiger partial charge in [-0.3, -0.25) is 24.6 Å². The summed E-state index contributed by atoms with van der Waals surface area (Å²) < 4.78 is 0. The molecule has 3 amide bonds. The van der Waals surface area contributed by atoms with Crippen LogP contribution in [0.4, 0.5) is 5.69 Å². The first-order valence-corrected chi connectivity index (χ1v) is 9.31. The van der Waals surface area contributed by atoms with Crippen molar-refractivity contribution in [1.29, 1.82) is 0 Å². The van der Waals surface area contributed by atoms with E-state index in [0.29, 0.717) is 6.42 Å². The molecule has 0 unspecified atom stereocenters. The lowest BCUT2D eigenvalue weighted by molar-refractivity contribution is -0.145. The van der Waals surface area contributed by atoms with Crippen LogP contribution < -0.4 is 10.6 Å². The number of carbonyl (C=O) groups is 3. The predicted molar refractivity (Wildman–Crippen MR) is 97.4 cm³/mol. The number of hydrogen-bond donors (Lipinski definition) is 2. The SMILES string of the molecule is CC[C@H](C)N1C(=O)[C@@H]2[C@H](C)N[C@]3(C(=O)Nc4c(C)cc(C)cc43)[C@@H]2C1=O. The molecule has 3 heterocycles. The van der Waals surface area contributed by atoms with Crippen molar-refractivity contribution in [3.8, 4) is 0 Å². The molecule has 2 fully saturated rings. The molecule has 3 aliphatic heterocycles. The summed E-state index contributed by atoms with van der Waals surface area (Å²) in [5, 5.41) is 6.32. The highest BCUT2D eigenvalue weighted by Gasteiger charge is 2.70. The van der Waals surface area contributed by atoms with Crippen molar-refractivity contribution in [2.45, 2.75) is 58.7 Å². The van der Waals surface area contributed by atoms with Crippen molar-refractivity contribution < 1.29 is 14.4 Å². The minimum absolute atomic E-state index is 0.156. The average Bonchev–Trinajstić information content (AvgIpc) is 3.13. The number of amides is 3. The summed E-state index contributed by atoms with van der Waals surface area (Å²) in [6.07, 6.45) is 0.701. The third-order valence-corrected chi connectivity index (χ3v) is 6.38. The first kappa shape index (κ1) is 17.2. The molecule has 1 spiro atoms.